The lowest BCUT2D eigenvalue weighted by atomic mass is 10.2. The lowest BCUT2D eigenvalue weighted by Crippen LogP contribution is -1.95. The highest BCUT2D eigenvalue weighted by Crippen LogP contribution is 2.16. The van der Waals surface area contributed by atoms with Crippen LogP contribution in [0, 0.1) is 6.92 Å². The molecule has 2 aromatic carbocycles. The Bertz CT molecular complexity index is 735. The fraction of sp³-hybridized carbons (Fsp3) is 0.125. The van der Waals surface area contributed by atoms with Gasteiger partial charge in [0.25, 0.3) is 0 Å². The van der Waals surface area contributed by atoms with E-state index in [1.807, 2.05) is 37.3 Å². The van der Waals surface area contributed by atoms with Crippen LogP contribution in [0.25, 0.3) is 5.69 Å². The van der Waals surface area contributed by atoms with E-state index in [4.69, 9.17) is 4.74 Å². The summed E-state index contributed by atoms with van der Waals surface area (Å²) in [6.45, 7) is 2.38. The van der Waals surface area contributed by atoms with Gasteiger partial charge >= 0.3 is 0 Å². The molecular weight excluding hydrogens is 266 g/mol. The average molecular weight is 281 g/mol. The second-order valence-electron chi connectivity index (χ2n) is 4.78. The average Bonchev–Trinajstić information content (AvgIpc) is 2.96. The van der Waals surface area contributed by atoms with E-state index < -0.39 is 0 Å². The molecule has 1 N–H and O–H groups in total. The molecule has 1 aromatic heterocycles. The molecule has 0 fully saturated rings. The zero-order valence-electron chi connectivity index (χ0n) is 11.6. The van der Waals surface area contributed by atoms with Crippen molar-refractivity contribution in [1.29, 1.82) is 0 Å². The predicted octanol–water partition coefficient (Wildman–Crippen LogP) is 2.86. The largest absolute Gasteiger partial charge is 0.508 e. The van der Waals surface area contributed by atoms with E-state index >= 15 is 0 Å². The van der Waals surface area contributed by atoms with Gasteiger partial charge in [-0.25, -0.2) is 4.68 Å². The van der Waals surface area contributed by atoms with Gasteiger partial charge < -0.3 is 9.84 Å². The molecule has 5 nitrogen and oxygen atoms in total. The van der Waals surface area contributed by atoms with Crippen molar-refractivity contribution in [2.75, 3.05) is 0 Å². The fourth-order valence-corrected chi connectivity index (χ4v) is 1.92. The molecule has 0 unspecified atom stereocenters. The summed E-state index contributed by atoms with van der Waals surface area (Å²) >= 11 is 0. The first-order chi connectivity index (χ1) is 10.2. The van der Waals surface area contributed by atoms with Gasteiger partial charge in [-0.3, -0.25) is 0 Å². The molecule has 0 aliphatic heterocycles. The Morgan fingerprint density at radius 1 is 1.14 bits per heavy atom. The third kappa shape index (κ3) is 3.20. The molecule has 1 heterocycles. The van der Waals surface area contributed by atoms with Gasteiger partial charge in [0.2, 0.25) is 0 Å². The number of phenols is 1. The molecule has 0 atom stereocenters. The number of hydrogen-bond acceptors (Lipinski definition) is 4. The van der Waals surface area contributed by atoms with Crippen LogP contribution in [0.4, 0.5) is 0 Å². The number of nitrogens with zero attached hydrogens (tertiary/aromatic N) is 3. The van der Waals surface area contributed by atoms with Gasteiger partial charge in [0.15, 0.2) is 0 Å². The Labute approximate surface area is 122 Å². The topological polar surface area (TPSA) is 60.2 Å². The van der Waals surface area contributed by atoms with Crippen LogP contribution >= 0.6 is 0 Å². The molecule has 21 heavy (non-hydrogen) atoms. The van der Waals surface area contributed by atoms with Crippen LogP contribution in [0.3, 0.4) is 0 Å². The first-order valence-electron chi connectivity index (χ1n) is 6.61. The van der Waals surface area contributed by atoms with Gasteiger partial charge in [-0.1, -0.05) is 29.0 Å². The van der Waals surface area contributed by atoms with Crippen LogP contribution in [0.15, 0.2) is 54.7 Å². The molecule has 0 radical (unpaired) electrons. The number of aromatic nitrogens is 3. The van der Waals surface area contributed by atoms with E-state index in [9.17, 15) is 5.11 Å². The van der Waals surface area contributed by atoms with Gasteiger partial charge in [-0.2, -0.15) is 0 Å². The van der Waals surface area contributed by atoms with Crippen molar-refractivity contribution in [2.24, 2.45) is 0 Å². The summed E-state index contributed by atoms with van der Waals surface area (Å²) in [5, 5.41) is 17.6. The zero-order chi connectivity index (χ0) is 14.7. The third-order valence-electron chi connectivity index (χ3n) is 3.04. The van der Waals surface area contributed by atoms with Crippen molar-refractivity contribution in [3.8, 4) is 17.2 Å². The molecule has 3 aromatic rings. The SMILES string of the molecule is Cc1ccc(OCc2cn(-c3cccc(O)c3)nn2)cc1. The highest BCUT2D eigenvalue weighted by atomic mass is 16.5. The van der Waals surface area contributed by atoms with E-state index in [1.54, 1.807) is 29.1 Å². The summed E-state index contributed by atoms with van der Waals surface area (Å²) in [4.78, 5) is 0. The minimum atomic E-state index is 0.195. The second-order valence-corrected chi connectivity index (χ2v) is 4.78. The third-order valence-corrected chi connectivity index (χ3v) is 3.04. The van der Waals surface area contributed by atoms with Gasteiger partial charge in [-0.15, -0.1) is 5.10 Å². The number of benzene rings is 2. The Morgan fingerprint density at radius 2 is 1.95 bits per heavy atom. The summed E-state index contributed by atoms with van der Waals surface area (Å²) in [7, 11) is 0. The van der Waals surface area contributed by atoms with Crippen molar-refractivity contribution in [1.82, 2.24) is 15.0 Å². The summed E-state index contributed by atoms with van der Waals surface area (Å²) in [5.74, 6) is 0.993. The van der Waals surface area contributed by atoms with Crippen LogP contribution in [-0.4, -0.2) is 20.1 Å². The maximum absolute atomic E-state index is 9.47. The highest BCUT2D eigenvalue weighted by Gasteiger charge is 2.04. The minimum absolute atomic E-state index is 0.195. The molecule has 3 rings (SSSR count). The van der Waals surface area contributed by atoms with E-state index in [0.29, 0.717) is 6.61 Å². The second kappa shape index (κ2) is 5.66. The fourth-order valence-electron chi connectivity index (χ4n) is 1.92. The molecule has 5 heteroatoms. The van der Waals surface area contributed by atoms with E-state index in [-0.39, 0.29) is 5.75 Å². The first-order valence-corrected chi connectivity index (χ1v) is 6.61. The van der Waals surface area contributed by atoms with E-state index in [0.717, 1.165) is 17.1 Å². The Hall–Kier alpha value is -2.82. The van der Waals surface area contributed by atoms with Crippen molar-refractivity contribution >= 4 is 0 Å². The number of aromatic hydroxyl groups is 1. The first kappa shape index (κ1) is 13.2. The highest BCUT2D eigenvalue weighted by molar-refractivity contribution is 5.37. The zero-order valence-corrected chi connectivity index (χ0v) is 11.6. The number of hydrogen-bond donors (Lipinski definition) is 1. The van der Waals surface area contributed by atoms with Gasteiger partial charge in [0.05, 0.1) is 11.9 Å². The quantitative estimate of drug-likeness (QED) is 0.799. The lowest BCUT2D eigenvalue weighted by molar-refractivity contribution is 0.301. The van der Waals surface area contributed by atoms with Crippen LogP contribution in [0.2, 0.25) is 0 Å². The standard InChI is InChI=1S/C16H15N3O2/c1-12-5-7-16(8-6-12)21-11-13-10-19(18-17-13)14-3-2-4-15(20)9-14/h2-10,20H,11H2,1H3. The normalized spacial score (nSPS) is 10.5. The molecule has 106 valence electrons. The summed E-state index contributed by atoms with van der Waals surface area (Å²) in [6, 6.07) is 14.7. The molecule has 0 saturated carbocycles. The number of aryl methyl sites for hydroxylation is 1. The number of ether oxygens (including phenoxy) is 1. The van der Waals surface area contributed by atoms with Crippen molar-refractivity contribution in [3.05, 3.63) is 66.0 Å². The molecule has 0 aliphatic carbocycles. The predicted molar refractivity (Wildman–Crippen MR) is 78.5 cm³/mol. The molecular formula is C16H15N3O2. The molecule has 0 aliphatic rings. The summed E-state index contributed by atoms with van der Waals surface area (Å²) < 4.78 is 7.26. The molecule has 0 bridgehead atoms. The van der Waals surface area contributed by atoms with Crippen LogP contribution in [0.5, 0.6) is 11.5 Å². The Kier molecular flexibility index (Phi) is 3.55. The molecule has 0 spiro atoms. The van der Waals surface area contributed by atoms with Crippen LogP contribution in [0.1, 0.15) is 11.3 Å². The monoisotopic (exact) mass is 281 g/mol. The van der Waals surface area contributed by atoms with Gasteiger partial charge in [0, 0.05) is 6.07 Å². The minimum Gasteiger partial charge on any atom is -0.508 e. The summed E-state index contributed by atoms with van der Waals surface area (Å²) in [6.07, 6.45) is 1.78. The summed E-state index contributed by atoms with van der Waals surface area (Å²) in [5.41, 5.74) is 2.67. The maximum atomic E-state index is 9.47. The van der Waals surface area contributed by atoms with E-state index in [2.05, 4.69) is 10.3 Å². The Morgan fingerprint density at radius 3 is 2.71 bits per heavy atom. The van der Waals surface area contributed by atoms with Gasteiger partial charge in [-0.05, 0) is 31.2 Å². The van der Waals surface area contributed by atoms with Crippen molar-refractivity contribution in [2.45, 2.75) is 13.5 Å². The number of phenolic OH excluding ortho intramolecular Hbond substituents is 1. The van der Waals surface area contributed by atoms with E-state index in [1.165, 1.54) is 5.56 Å². The molecule has 0 saturated heterocycles. The van der Waals surface area contributed by atoms with Gasteiger partial charge in [0.1, 0.15) is 23.8 Å². The smallest absolute Gasteiger partial charge is 0.134 e. The van der Waals surface area contributed by atoms with Crippen LogP contribution < -0.4 is 4.74 Å². The van der Waals surface area contributed by atoms with Crippen molar-refractivity contribution in [3.63, 3.8) is 0 Å². The van der Waals surface area contributed by atoms with Crippen molar-refractivity contribution < 1.29 is 9.84 Å². The maximum Gasteiger partial charge on any atom is 0.134 e. The number of rotatable bonds is 4. The Balaban J connectivity index is 1.69. The lowest BCUT2D eigenvalue weighted by Gasteiger charge is -2.03. The van der Waals surface area contributed by atoms with Crippen LogP contribution in [-0.2, 0) is 6.61 Å². The molecule has 0 amide bonds.